The van der Waals surface area contributed by atoms with E-state index in [4.69, 9.17) is 5.26 Å². The summed E-state index contributed by atoms with van der Waals surface area (Å²) >= 11 is 1.80. The van der Waals surface area contributed by atoms with Crippen molar-refractivity contribution in [3.63, 3.8) is 0 Å². The molecule has 0 saturated heterocycles. The standard InChI is InChI=1S/C15H13NOS/c1-2-18-14-6-3-11(4-7-14)12-5-8-15(17)13(9-12)10-16/h3-9,17H,2H2,1H3. The largest absolute Gasteiger partial charge is 0.507 e. The van der Waals surface area contributed by atoms with E-state index in [2.05, 4.69) is 19.1 Å². The second kappa shape index (κ2) is 5.61. The molecule has 0 aliphatic heterocycles. The molecule has 0 heterocycles. The molecule has 18 heavy (non-hydrogen) atoms. The van der Waals surface area contributed by atoms with Gasteiger partial charge in [0.15, 0.2) is 0 Å². The number of rotatable bonds is 3. The van der Waals surface area contributed by atoms with E-state index in [9.17, 15) is 5.11 Å². The second-order valence-corrected chi connectivity index (χ2v) is 5.14. The Morgan fingerprint density at radius 1 is 1.11 bits per heavy atom. The van der Waals surface area contributed by atoms with Crippen molar-refractivity contribution in [2.75, 3.05) is 5.75 Å². The minimum atomic E-state index is 0.0272. The average Bonchev–Trinajstić information content (AvgIpc) is 2.41. The highest BCUT2D eigenvalue weighted by Gasteiger charge is 2.04. The lowest BCUT2D eigenvalue weighted by Crippen LogP contribution is -1.82. The Hall–Kier alpha value is -1.92. The summed E-state index contributed by atoms with van der Waals surface area (Å²) in [4.78, 5) is 1.24. The lowest BCUT2D eigenvalue weighted by Gasteiger charge is -2.05. The average molecular weight is 255 g/mol. The predicted octanol–water partition coefficient (Wildman–Crippen LogP) is 4.04. The maximum atomic E-state index is 9.47. The van der Waals surface area contributed by atoms with Crippen LogP contribution in [0.4, 0.5) is 0 Å². The van der Waals surface area contributed by atoms with Gasteiger partial charge >= 0.3 is 0 Å². The third-order valence-electron chi connectivity index (χ3n) is 2.62. The van der Waals surface area contributed by atoms with Crippen LogP contribution in [0.2, 0.25) is 0 Å². The highest BCUT2D eigenvalue weighted by molar-refractivity contribution is 7.99. The molecule has 3 heteroatoms. The molecule has 90 valence electrons. The molecule has 0 aliphatic rings. The van der Waals surface area contributed by atoms with Gasteiger partial charge in [0, 0.05) is 4.90 Å². The zero-order valence-corrected chi connectivity index (χ0v) is 10.9. The first-order valence-corrected chi connectivity index (χ1v) is 6.69. The topological polar surface area (TPSA) is 44.0 Å². The van der Waals surface area contributed by atoms with Crippen LogP contribution < -0.4 is 0 Å². The van der Waals surface area contributed by atoms with Crippen LogP contribution >= 0.6 is 11.8 Å². The summed E-state index contributed by atoms with van der Waals surface area (Å²) in [6, 6.07) is 15.3. The first-order chi connectivity index (χ1) is 8.74. The van der Waals surface area contributed by atoms with Gasteiger partial charge in [0.05, 0.1) is 5.56 Å². The zero-order chi connectivity index (χ0) is 13.0. The molecule has 0 amide bonds. The SMILES string of the molecule is CCSc1ccc(-c2ccc(O)c(C#N)c2)cc1. The fourth-order valence-corrected chi connectivity index (χ4v) is 2.38. The van der Waals surface area contributed by atoms with E-state index in [1.807, 2.05) is 24.3 Å². The molecule has 2 aromatic rings. The van der Waals surface area contributed by atoms with Crippen LogP contribution in [0, 0.1) is 11.3 Å². The lowest BCUT2D eigenvalue weighted by atomic mass is 10.0. The van der Waals surface area contributed by atoms with Crippen molar-refractivity contribution in [1.29, 1.82) is 5.26 Å². The molecule has 0 aromatic heterocycles. The lowest BCUT2D eigenvalue weighted by molar-refractivity contribution is 0.473. The van der Waals surface area contributed by atoms with Crippen molar-refractivity contribution < 1.29 is 5.11 Å². The van der Waals surface area contributed by atoms with E-state index in [0.717, 1.165) is 16.9 Å². The van der Waals surface area contributed by atoms with E-state index in [-0.39, 0.29) is 5.75 Å². The molecule has 1 N–H and O–H groups in total. The molecule has 2 nitrogen and oxygen atoms in total. The Kier molecular flexibility index (Phi) is 3.91. The van der Waals surface area contributed by atoms with Gasteiger partial charge in [-0.05, 0) is 41.1 Å². The summed E-state index contributed by atoms with van der Waals surface area (Å²) in [6.45, 7) is 2.12. The Bertz CT molecular complexity index is 584. The van der Waals surface area contributed by atoms with Crippen molar-refractivity contribution in [2.45, 2.75) is 11.8 Å². The van der Waals surface area contributed by atoms with Crippen molar-refractivity contribution in [3.8, 4) is 22.9 Å². The summed E-state index contributed by atoms with van der Waals surface area (Å²) in [5.41, 5.74) is 2.30. The molecule has 0 bridgehead atoms. The first kappa shape index (κ1) is 12.5. The van der Waals surface area contributed by atoms with E-state index < -0.39 is 0 Å². The number of thioether (sulfide) groups is 1. The van der Waals surface area contributed by atoms with Crippen molar-refractivity contribution in [3.05, 3.63) is 48.0 Å². The third kappa shape index (κ3) is 2.66. The van der Waals surface area contributed by atoms with E-state index in [1.54, 1.807) is 23.9 Å². The fourth-order valence-electron chi connectivity index (χ4n) is 1.72. The number of phenols is 1. The van der Waals surface area contributed by atoms with Crippen molar-refractivity contribution >= 4 is 11.8 Å². The van der Waals surface area contributed by atoms with Gasteiger partial charge in [0.2, 0.25) is 0 Å². The van der Waals surface area contributed by atoms with Gasteiger partial charge in [-0.15, -0.1) is 11.8 Å². The Morgan fingerprint density at radius 3 is 2.39 bits per heavy atom. The fraction of sp³-hybridized carbons (Fsp3) is 0.133. The second-order valence-electron chi connectivity index (χ2n) is 3.80. The van der Waals surface area contributed by atoms with E-state index in [0.29, 0.717) is 5.56 Å². The molecule has 0 fully saturated rings. The van der Waals surface area contributed by atoms with Gasteiger partial charge < -0.3 is 5.11 Å². The minimum absolute atomic E-state index is 0.0272. The van der Waals surface area contributed by atoms with E-state index >= 15 is 0 Å². The third-order valence-corrected chi connectivity index (χ3v) is 3.51. The first-order valence-electron chi connectivity index (χ1n) is 5.71. The quantitative estimate of drug-likeness (QED) is 0.842. The Labute approximate surface area is 111 Å². The number of hydrogen-bond donors (Lipinski definition) is 1. The van der Waals surface area contributed by atoms with Gasteiger partial charge in [-0.25, -0.2) is 0 Å². The Balaban J connectivity index is 2.34. The molecule has 0 unspecified atom stereocenters. The van der Waals surface area contributed by atoms with E-state index in [1.165, 1.54) is 4.90 Å². The monoisotopic (exact) mass is 255 g/mol. The Morgan fingerprint density at radius 2 is 1.78 bits per heavy atom. The minimum Gasteiger partial charge on any atom is -0.507 e. The van der Waals surface area contributed by atoms with Crippen LogP contribution in [0.5, 0.6) is 5.75 Å². The number of aromatic hydroxyl groups is 1. The van der Waals surface area contributed by atoms with Crippen molar-refractivity contribution in [2.24, 2.45) is 0 Å². The molecular formula is C15H13NOS. The van der Waals surface area contributed by atoms with Crippen LogP contribution in [-0.4, -0.2) is 10.9 Å². The van der Waals surface area contributed by atoms with Crippen LogP contribution in [0.1, 0.15) is 12.5 Å². The van der Waals surface area contributed by atoms with Crippen LogP contribution in [0.25, 0.3) is 11.1 Å². The maximum Gasteiger partial charge on any atom is 0.133 e. The highest BCUT2D eigenvalue weighted by atomic mass is 32.2. The van der Waals surface area contributed by atoms with Gasteiger partial charge in [-0.3, -0.25) is 0 Å². The smallest absolute Gasteiger partial charge is 0.133 e. The van der Waals surface area contributed by atoms with Crippen LogP contribution in [-0.2, 0) is 0 Å². The molecule has 2 aromatic carbocycles. The zero-order valence-electron chi connectivity index (χ0n) is 10.1. The summed E-state index contributed by atoms with van der Waals surface area (Å²) in [7, 11) is 0. The number of phenolic OH excluding ortho intramolecular Hbond substituents is 1. The van der Waals surface area contributed by atoms with Crippen molar-refractivity contribution in [1.82, 2.24) is 0 Å². The molecule has 0 aliphatic carbocycles. The summed E-state index contributed by atoms with van der Waals surface area (Å²) in [6.07, 6.45) is 0. The summed E-state index contributed by atoms with van der Waals surface area (Å²) in [5, 5.41) is 18.4. The molecular weight excluding hydrogens is 242 g/mol. The number of hydrogen-bond acceptors (Lipinski definition) is 3. The summed E-state index contributed by atoms with van der Waals surface area (Å²) < 4.78 is 0. The van der Waals surface area contributed by atoms with Gasteiger partial charge in [-0.1, -0.05) is 25.1 Å². The summed E-state index contributed by atoms with van der Waals surface area (Å²) in [5.74, 6) is 1.08. The molecule has 2 rings (SSSR count). The highest BCUT2D eigenvalue weighted by Crippen LogP contribution is 2.27. The van der Waals surface area contributed by atoms with Gasteiger partial charge in [-0.2, -0.15) is 5.26 Å². The molecule has 0 saturated carbocycles. The van der Waals surface area contributed by atoms with Gasteiger partial charge in [0.1, 0.15) is 11.8 Å². The molecule has 0 atom stereocenters. The molecule has 0 spiro atoms. The van der Waals surface area contributed by atoms with Gasteiger partial charge in [0.25, 0.3) is 0 Å². The number of benzene rings is 2. The normalized spacial score (nSPS) is 10.0. The number of nitriles is 1. The maximum absolute atomic E-state index is 9.47. The number of nitrogens with zero attached hydrogens (tertiary/aromatic N) is 1. The predicted molar refractivity (Wildman–Crippen MR) is 74.7 cm³/mol. The van der Waals surface area contributed by atoms with Crippen LogP contribution in [0.15, 0.2) is 47.4 Å². The molecule has 0 radical (unpaired) electrons. The van der Waals surface area contributed by atoms with Crippen LogP contribution in [0.3, 0.4) is 0 Å².